The maximum Gasteiger partial charge on any atom is 0.254 e. The first-order valence-corrected chi connectivity index (χ1v) is 8.18. The lowest BCUT2D eigenvalue weighted by Crippen LogP contribution is -2.41. The number of benzene rings is 1. The molecule has 0 fully saturated rings. The van der Waals surface area contributed by atoms with E-state index < -0.39 is 0 Å². The second-order valence-electron chi connectivity index (χ2n) is 4.62. The largest absolute Gasteiger partial charge is 0.335 e. The lowest BCUT2D eigenvalue weighted by molar-refractivity contribution is 0.0682. The molecule has 0 spiro atoms. The number of hydrogen-bond donors (Lipinski definition) is 0. The van der Waals surface area contributed by atoms with Crippen molar-refractivity contribution in [1.29, 1.82) is 0 Å². The molecule has 0 aromatic heterocycles. The Morgan fingerprint density at radius 2 is 2.00 bits per heavy atom. The van der Waals surface area contributed by atoms with Gasteiger partial charge in [-0.2, -0.15) is 0 Å². The minimum Gasteiger partial charge on any atom is -0.335 e. The number of alkyl halides is 1. The highest BCUT2D eigenvalue weighted by Gasteiger charge is 2.23. The zero-order valence-corrected chi connectivity index (χ0v) is 14.1. The van der Waals surface area contributed by atoms with E-state index >= 15 is 0 Å². The molecule has 0 unspecified atom stereocenters. The van der Waals surface area contributed by atoms with Crippen LogP contribution in [0.2, 0.25) is 5.02 Å². The molecule has 0 aliphatic heterocycles. The van der Waals surface area contributed by atoms with E-state index in [9.17, 15) is 4.79 Å². The van der Waals surface area contributed by atoms with E-state index in [4.69, 9.17) is 11.6 Å². The van der Waals surface area contributed by atoms with Crippen LogP contribution in [0.15, 0.2) is 18.2 Å². The van der Waals surface area contributed by atoms with Gasteiger partial charge in [0, 0.05) is 28.5 Å². The van der Waals surface area contributed by atoms with Crippen molar-refractivity contribution in [2.75, 3.05) is 11.9 Å². The molecule has 0 aliphatic carbocycles. The first kappa shape index (κ1) is 16.5. The Balaban J connectivity index is 3.08. The molecule has 4 heteroatoms. The fraction of sp³-hybridized carbons (Fsp3) is 0.533. The van der Waals surface area contributed by atoms with Gasteiger partial charge < -0.3 is 4.90 Å². The van der Waals surface area contributed by atoms with Crippen LogP contribution in [0.25, 0.3) is 0 Å². The summed E-state index contributed by atoms with van der Waals surface area (Å²) in [6.45, 7) is 6.90. The summed E-state index contributed by atoms with van der Waals surface area (Å²) in [6, 6.07) is 5.76. The van der Waals surface area contributed by atoms with Crippen LogP contribution in [0, 0.1) is 6.92 Å². The highest BCUT2D eigenvalue weighted by atomic mass is 79.9. The van der Waals surface area contributed by atoms with Crippen molar-refractivity contribution in [2.45, 2.75) is 39.7 Å². The SMILES string of the molecule is CCC(CC)N(CCBr)C(=O)c1cc(Cl)ccc1C. The van der Waals surface area contributed by atoms with E-state index in [1.807, 2.05) is 24.0 Å². The fourth-order valence-electron chi connectivity index (χ4n) is 2.25. The summed E-state index contributed by atoms with van der Waals surface area (Å²) in [7, 11) is 0. The molecular weight excluding hydrogens is 326 g/mol. The van der Waals surface area contributed by atoms with Gasteiger partial charge in [0.2, 0.25) is 0 Å². The normalized spacial score (nSPS) is 10.8. The molecule has 0 saturated heterocycles. The van der Waals surface area contributed by atoms with Crippen LogP contribution in [-0.4, -0.2) is 28.7 Å². The summed E-state index contributed by atoms with van der Waals surface area (Å²) in [5.41, 5.74) is 1.68. The number of halogens is 2. The maximum atomic E-state index is 12.7. The second-order valence-corrected chi connectivity index (χ2v) is 5.85. The fourth-order valence-corrected chi connectivity index (χ4v) is 2.80. The van der Waals surface area contributed by atoms with Crippen LogP contribution in [-0.2, 0) is 0 Å². The smallest absolute Gasteiger partial charge is 0.254 e. The number of hydrogen-bond acceptors (Lipinski definition) is 1. The van der Waals surface area contributed by atoms with Gasteiger partial charge in [0.05, 0.1) is 0 Å². The van der Waals surface area contributed by atoms with E-state index in [-0.39, 0.29) is 11.9 Å². The number of rotatable bonds is 6. The molecular formula is C15H21BrClNO. The molecule has 19 heavy (non-hydrogen) atoms. The van der Waals surface area contributed by atoms with Gasteiger partial charge in [0.1, 0.15) is 0 Å². The van der Waals surface area contributed by atoms with Gasteiger partial charge in [0.15, 0.2) is 0 Å². The van der Waals surface area contributed by atoms with Crippen molar-refractivity contribution >= 4 is 33.4 Å². The second kappa shape index (κ2) is 7.91. The maximum absolute atomic E-state index is 12.7. The molecule has 0 N–H and O–H groups in total. The summed E-state index contributed by atoms with van der Waals surface area (Å²) < 4.78 is 0. The third kappa shape index (κ3) is 4.22. The van der Waals surface area contributed by atoms with Crippen molar-refractivity contribution in [2.24, 2.45) is 0 Å². The Morgan fingerprint density at radius 1 is 1.37 bits per heavy atom. The third-order valence-corrected chi connectivity index (χ3v) is 3.99. The molecule has 1 aromatic carbocycles. The molecule has 106 valence electrons. The Labute approximate surface area is 129 Å². The number of carbonyl (C=O) groups is 1. The summed E-state index contributed by atoms with van der Waals surface area (Å²) in [4.78, 5) is 14.7. The molecule has 0 aliphatic rings. The topological polar surface area (TPSA) is 20.3 Å². The minimum atomic E-state index is 0.0770. The lowest BCUT2D eigenvalue weighted by Gasteiger charge is -2.30. The molecule has 0 bridgehead atoms. The van der Waals surface area contributed by atoms with E-state index in [2.05, 4.69) is 29.8 Å². The van der Waals surface area contributed by atoms with Crippen LogP contribution in [0.5, 0.6) is 0 Å². The highest BCUT2D eigenvalue weighted by Crippen LogP contribution is 2.20. The lowest BCUT2D eigenvalue weighted by atomic mass is 10.0. The molecule has 0 radical (unpaired) electrons. The van der Waals surface area contributed by atoms with Gasteiger partial charge in [-0.3, -0.25) is 4.79 Å². The number of aryl methyl sites for hydroxylation is 1. The van der Waals surface area contributed by atoms with Gasteiger partial charge in [0.25, 0.3) is 5.91 Å². The Bertz CT molecular complexity index is 432. The van der Waals surface area contributed by atoms with Crippen LogP contribution in [0.4, 0.5) is 0 Å². The van der Waals surface area contributed by atoms with E-state index in [1.165, 1.54) is 0 Å². The molecule has 0 atom stereocenters. The quantitative estimate of drug-likeness (QED) is 0.685. The van der Waals surface area contributed by atoms with Crippen molar-refractivity contribution < 1.29 is 4.79 Å². The van der Waals surface area contributed by atoms with Crippen molar-refractivity contribution in [1.82, 2.24) is 4.90 Å². The molecule has 0 heterocycles. The Morgan fingerprint density at radius 3 is 2.53 bits per heavy atom. The van der Waals surface area contributed by atoms with Crippen LogP contribution in [0.3, 0.4) is 0 Å². The average molecular weight is 347 g/mol. The van der Waals surface area contributed by atoms with Gasteiger partial charge in [-0.25, -0.2) is 0 Å². The minimum absolute atomic E-state index is 0.0770. The predicted molar refractivity (Wildman–Crippen MR) is 85.4 cm³/mol. The summed E-state index contributed by atoms with van der Waals surface area (Å²) in [6.07, 6.45) is 1.93. The molecule has 1 rings (SSSR count). The monoisotopic (exact) mass is 345 g/mol. The first-order chi connectivity index (χ1) is 9.04. The summed E-state index contributed by atoms with van der Waals surface area (Å²) >= 11 is 9.44. The van der Waals surface area contributed by atoms with Gasteiger partial charge in [-0.05, 0) is 37.5 Å². The molecule has 1 aromatic rings. The first-order valence-electron chi connectivity index (χ1n) is 6.68. The zero-order valence-electron chi connectivity index (χ0n) is 11.7. The summed E-state index contributed by atoms with van der Waals surface area (Å²) in [5, 5.41) is 1.40. The van der Waals surface area contributed by atoms with E-state index in [1.54, 1.807) is 6.07 Å². The van der Waals surface area contributed by atoms with Crippen LogP contribution >= 0.6 is 27.5 Å². The van der Waals surface area contributed by atoms with Crippen LogP contribution in [0.1, 0.15) is 42.6 Å². The number of carbonyl (C=O) groups excluding carboxylic acids is 1. The summed E-state index contributed by atoms with van der Waals surface area (Å²) in [5.74, 6) is 0.0770. The van der Waals surface area contributed by atoms with Gasteiger partial charge in [-0.15, -0.1) is 0 Å². The third-order valence-electron chi connectivity index (χ3n) is 3.40. The predicted octanol–water partition coefficient (Wildman–Crippen LogP) is 4.67. The van der Waals surface area contributed by atoms with E-state index in [0.29, 0.717) is 10.6 Å². The van der Waals surface area contributed by atoms with Crippen molar-refractivity contribution in [3.05, 3.63) is 34.3 Å². The number of nitrogens with zero attached hydrogens (tertiary/aromatic N) is 1. The Kier molecular flexibility index (Phi) is 6.87. The van der Waals surface area contributed by atoms with Crippen molar-refractivity contribution in [3.8, 4) is 0 Å². The van der Waals surface area contributed by atoms with Gasteiger partial charge in [-0.1, -0.05) is 47.4 Å². The zero-order chi connectivity index (χ0) is 14.4. The number of amides is 1. The van der Waals surface area contributed by atoms with Crippen molar-refractivity contribution in [3.63, 3.8) is 0 Å². The standard InChI is InChI=1S/C15H21BrClNO/c1-4-13(5-2)18(9-8-16)15(19)14-10-12(17)7-6-11(14)3/h6-7,10,13H,4-5,8-9H2,1-3H3. The van der Waals surface area contributed by atoms with E-state index in [0.717, 1.165) is 30.3 Å². The van der Waals surface area contributed by atoms with Gasteiger partial charge >= 0.3 is 0 Å². The molecule has 2 nitrogen and oxygen atoms in total. The Hall–Kier alpha value is -0.540. The highest BCUT2D eigenvalue weighted by molar-refractivity contribution is 9.09. The average Bonchev–Trinajstić information content (AvgIpc) is 2.41. The van der Waals surface area contributed by atoms with Crippen LogP contribution < -0.4 is 0 Å². The molecule has 0 saturated carbocycles. The molecule has 1 amide bonds.